The molecule has 0 aliphatic carbocycles. The number of oxazole rings is 1. The summed E-state index contributed by atoms with van der Waals surface area (Å²) in [5.41, 5.74) is 2.65. The standard InChI is InChI=1S/C17H12N2O3/c1-2-15-18-13-8-7-10(9-14(13)22-15)19-16(20)11-5-3-4-6-12(11)17(19)21/h3-9H,2H2,1H3. The van der Waals surface area contributed by atoms with E-state index in [-0.39, 0.29) is 11.8 Å². The fourth-order valence-corrected chi connectivity index (χ4v) is 2.68. The first-order valence-corrected chi connectivity index (χ1v) is 7.06. The van der Waals surface area contributed by atoms with Crippen LogP contribution in [0.15, 0.2) is 46.9 Å². The second-order valence-electron chi connectivity index (χ2n) is 5.10. The summed E-state index contributed by atoms with van der Waals surface area (Å²) in [5.74, 6) is 0.0138. The van der Waals surface area contributed by atoms with Crippen LogP contribution in [0.25, 0.3) is 11.1 Å². The number of aromatic nitrogens is 1. The van der Waals surface area contributed by atoms with E-state index in [0.717, 1.165) is 5.52 Å². The maximum atomic E-state index is 12.5. The number of benzene rings is 2. The van der Waals surface area contributed by atoms with Crippen molar-refractivity contribution in [1.29, 1.82) is 0 Å². The Kier molecular flexibility index (Phi) is 2.63. The lowest BCUT2D eigenvalue weighted by Gasteiger charge is -2.13. The molecule has 0 spiro atoms. The maximum absolute atomic E-state index is 12.5. The lowest BCUT2D eigenvalue weighted by Crippen LogP contribution is -2.29. The van der Waals surface area contributed by atoms with Gasteiger partial charge in [-0.2, -0.15) is 0 Å². The van der Waals surface area contributed by atoms with Gasteiger partial charge in [0.1, 0.15) is 5.52 Å². The first-order chi connectivity index (χ1) is 10.7. The average molecular weight is 292 g/mol. The van der Waals surface area contributed by atoms with E-state index in [1.165, 1.54) is 4.90 Å². The molecule has 108 valence electrons. The zero-order chi connectivity index (χ0) is 15.3. The van der Waals surface area contributed by atoms with Crippen LogP contribution in [0.5, 0.6) is 0 Å². The molecule has 0 saturated carbocycles. The van der Waals surface area contributed by atoms with E-state index < -0.39 is 0 Å². The number of carbonyl (C=O) groups excluding carboxylic acids is 2. The summed E-state index contributed by atoms with van der Waals surface area (Å²) in [5, 5.41) is 0. The number of rotatable bonds is 2. The van der Waals surface area contributed by atoms with Gasteiger partial charge in [-0.15, -0.1) is 0 Å². The van der Waals surface area contributed by atoms with E-state index >= 15 is 0 Å². The van der Waals surface area contributed by atoms with E-state index in [1.54, 1.807) is 42.5 Å². The van der Waals surface area contributed by atoms with Gasteiger partial charge in [0.15, 0.2) is 11.5 Å². The minimum absolute atomic E-state index is 0.310. The highest BCUT2D eigenvalue weighted by atomic mass is 16.3. The van der Waals surface area contributed by atoms with Gasteiger partial charge >= 0.3 is 0 Å². The lowest BCUT2D eigenvalue weighted by molar-refractivity contribution is 0.0926. The average Bonchev–Trinajstić information content (AvgIpc) is 3.07. The summed E-state index contributed by atoms with van der Waals surface area (Å²) >= 11 is 0. The topological polar surface area (TPSA) is 63.4 Å². The van der Waals surface area contributed by atoms with Crippen LogP contribution in [-0.4, -0.2) is 16.8 Å². The first kappa shape index (κ1) is 12.8. The van der Waals surface area contributed by atoms with Crippen molar-refractivity contribution in [2.45, 2.75) is 13.3 Å². The highest BCUT2D eigenvalue weighted by molar-refractivity contribution is 6.34. The molecule has 0 atom stereocenters. The molecule has 0 bridgehead atoms. The zero-order valence-electron chi connectivity index (χ0n) is 11.9. The van der Waals surface area contributed by atoms with Gasteiger partial charge < -0.3 is 4.42 Å². The van der Waals surface area contributed by atoms with Crippen LogP contribution in [0.4, 0.5) is 5.69 Å². The lowest BCUT2D eigenvalue weighted by atomic mass is 10.1. The second kappa shape index (κ2) is 4.53. The molecule has 0 saturated heterocycles. The number of imide groups is 1. The molecule has 0 fully saturated rings. The van der Waals surface area contributed by atoms with Crippen LogP contribution in [-0.2, 0) is 6.42 Å². The number of anilines is 1. The summed E-state index contributed by atoms with van der Waals surface area (Å²) in [7, 11) is 0. The van der Waals surface area contributed by atoms with Crippen LogP contribution >= 0.6 is 0 Å². The van der Waals surface area contributed by atoms with Crippen LogP contribution in [0, 0.1) is 0 Å². The molecule has 2 amide bonds. The summed E-state index contributed by atoms with van der Waals surface area (Å²) < 4.78 is 5.60. The number of fused-ring (bicyclic) bond motifs is 2. The van der Waals surface area contributed by atoms with Gasteiger partial charge in [0.05, 0.1) is 16.8 Å². The molecular formula is C17H12N2O3. The number of nitrogens with zero attached hydrogens (tertiary/aromatic N) is 2. The van der Waals surface area contributed by atoms with Gasteiger partial charge in [0.25, 0.3) is 11.8 Å². The monoisotopic (exact) mass is 292 g/mol. The van der Waals surface area contributed by atoms with Gasteiger partial charge in [-0.3, -0.25) is 9.59 Å². The minimum Gasteiger partial charge on any atom is -0.441 e. The van der Waals surface area contributed by atoms with Crippen LogP contribution in [0.1, 0.15) is 33.5 Å². The Morgan fingerprint density at radius 2 is 1.73 bits per heavy atom. The van der Waals surface area contributed by atoms with Gasteiger partial charge in [-0.25, -0.2) is 9.88 Å². The van der Waals surface area contributed by atoms with Crippen LogP contribution in [0.3, 0.4) is 0 Å². The van der Waals surface area contributed by atoms with Gasteiger partial charge in [0, 0.05) is 12.5 Å². The van der Waals surface area contributed by atoms with Gasteiger partial charge in [-0.1, -0.05) is 19.1 Å². The maximum Gasteiger partial charge on any atom is 0.266 e. The Morgan fingerprint density at radius 1 is 1.05 bits per heavy atom. The molecule has 5 heteroatoms. The Balaban J connectivity index is 1.82. The number of hydrogen-bond donors (Lipinski definition) is 0. The summed E-state index contributed by atoms with van der Waals surface area (Å²) in [6.45, 7) is 1.95. The van der Waals surface area contributed by atoms with Crippen molar-refractivity contribution in [2.75, 3.05) is 4.90 Å². The third-order valence-electron chi connectivity index (χ3n) is 3.77. The normalized spacial score (nSPS) is 14.0. The fourth-order valence-electron chi connectivity index (χ4n) is 2.68. The summed E-state index contributed by atoms with van der Waals surface area (Å²) in [4.78, 5) is 30.4. The molecule has 2 aromatic carbocycles. The van der Waals surface area contributed by atoms with Crippen molar-refractivity contribution in [2.24, 2.45) is 0 Å². The molecule has 1 aromatic heterocycles. The highest BCUT2D eigenvalue weighted by Crippen LogP contribution is 2.30. The third-order valence-corrected chi connectivity index (χ3v) is 3.77. The first-order valence-electron chi connectivity index (χ1n) is 7.06. The molecule has 5 nitrogen and oxygen atoms in total. The van der Waals surface area contributed by atoms with Gasteiger partial charge in [-0.05, 0) is 24.3 Å². The predicted molar refractivity (Wildman–Crippen MR) is 81.0 cm³/mol. The number of aryl methyl sites for hydroxylation is 1. The second-order valence-corrected chi connectivity index (χ2v) is 5.10. The molecule has 0 unspecified atom stereocenters. The smallest absolute Gasteiger partial charge is 0.266 e. The Hall–Kier alpha value is -2.95. The van der Waals surface area contributed by atoms with Crippen molar-refractivity contribution in [3.05, 3.63) is 59.5 Å². The molecule has 2 heterocycles. The van der Waals surface area contributed by atoms with E-state index in [0.29, 0.717) is 34.7 Å². The summed E-state index contributed by atoms with van der Waals surface area (Å²) in [6, 6.07) is 12.0. The van der Waals surface area contributed by atoms with Crippen molar-refractivity contribution >= 4 is 28.6 Å². The van der Waals surface area contributed by atoms with E-state index in [2.05, 4.69) is 4.98 Å². The number of amides is 2. The molecule has 0 N–H and O–H groups in total. The molecule has 0 radical (unpaired) electrons. The molecule has 1 aliphatic rings. The van der Waals surface area contributed by atoms with Gasteiger partial charge in [0.2, 0.25) is 0 Å². The largest absolute Gasteiger partial charge is 0.441 e. The van der Waals surface area contributed by atoms with E-state index in [9.17, 15) is 9.59 Å². The minimum atomic E-state index is -0.310. The Morgan fingerprint density at radius 3 is 2.36 bits per heavy atom. The van der Waals surface area contributed by atoms with Crippen molar-refractivity contribution < 1.29 is 14.0 Å². The Bertz CT molecular complexity index is 892. The fraction of sp³-hybridized carbons (Fsp3) is 0.118. The van der Waals surface area contributed by atoms with Crippen LogP contribution in [0.2, 0.25) is 0 Å². The van der Waals surface area contributed by atoms with E-state index in [4.69, 9.17) is 4.42 Å². The molecule has 3 aromatic rings. The van der Waals surface area contributed by atoms with Crippen molar-refractivity contribution in [3.8, 4) is 0 Å². The molecule has 22 heavy (non-hydrogen) atoms. The third kappa shape index (κ3) is 1.69. The summed E-state index contributed by atoms with van der Waals surface area (Å²) in [6.07, 6.45) is 0.691. The quantitative estimate of drug-likeness (QED) is 0.680. The molecule has 1 aliphatic heterocycles. The predicted octanol–water partition coefficient (Wildman–Crippen LogP) is 3.19. The van der Waals surface area contributed by atoms with Crippen molar-refractivity contribution in [3.63, 3.8) is 0 Å². The van der Waals surface area contributed by atoms with E-state index in [1.807, 2.05) is 6.92 Å². The van der Waals surface area contributed by atoms with Crippen molar-refractivity contribution in [1.82, 2.24) is 4.98 Å². The number of carbonyl (C=O) groups is 2. The zero-order valence-corrected chi connectivity index (χ0v) is 11.9. The number of hydrogen-bond acceptors (Lipinski definition) is 4. The van der Waals surface area contributed by atoms with Crippen LogP contribution < -0.4 is 4.90 Å². The Labute approximate surface area is 126 Å². The molecule has 4 rings (SSSR count). The molecular weight excluding hydrogens is 280 g/mol. The highest BCUT2D eigenvalue weighted by Gasteiger charge is 2.36. The SMILES string of the molecule is CCc1nc2ccc(N3C(=O)c4ccccc4C3=O)cc2o1.